The SMILES string of the molecule is NC(=S)c1ccc(S(=O)(=O)CCN2CCC(O)C2)cc1. The van der Waals surface area contributed by atoms with Gasteiger partial charge in [-0.3, -0.25) is 4.90 Å². The molecule has 0 aliphatic carbocycles. The Morgan fingerprint density at radius 1 is 1.40 bits per heavy atom. The summed E-state index contributed by atoms with van der Waals surface area (Å²) < 4.78 is 24.4. The van der Waals surface area contributed by atoms with Crippen molar-refractivity contribution in [2.45, 2.75) is 17.4 Å². The van der Waals surface area contributed by atoms with Gasteiger partial charge in [-0.1, -0.05) is 24.4 Å². The molecule has 1 fully saturated rings. The zero-order chi connectivity index (χ0) is 14.8. The Hall–Kier alpha value is -1.02. The van der Waals surface area contributed by atoms with Gasteiger partial charge in [0.05, 0.1) is 16.8 Å². The fourth-order valence-corrected chi connectivity index (χ4v) is 3.63. The van der Waals surface area contributed by atoms with Crippen LogP contribution >= 0.6 is 12.2 Å². The molecule has 1 aromatic carbocycles. The number of hydrogen-bond acceptors (Lipinski definition) is 5. The summed E-state index contributed by atoms with van der Waals surface area (Å²) in [7, 11) is -3.32. The standard InChI is InChI=1S/C13H18N2O3S2/c14-13(19)10-1-3-12(4-2-10)20(17,18)8-7-15-6-5-11(16)9-15/h1-4,11,16H,5-9H2,(H2,14,19). The lowest BCUT2D eigenvalue weighted by atomic mass is 10.2. The van der Waals surface area contributed by atoms with Gasteiger partial charge in [-0.2, -0.15) is 0 Å². The van der Waals surface area contributed by atoms with Crippen LogP contribution in [-0.2, 0) is 9.84 Å². The minimum absolute atomic E-state index is 0.0478. The van der Waals surface area contributed by atoms with Gasteiger partial charge in [0.15, 0.2) is 9.84 Å². The molecule has 110 valence electrons. The molecule has 0 saturated carbocycles. The van der Waals surface area contributed by atoms with Gasteiger partial charge in [-0.25, -0.2) is 8.42 Å². The van der Waals surface area contributed by atoms with Gasteiger partial charge in [0.2, 0.25) is 0 Å². The molecule has 1 saturated heterocycles. The molecule has 0 amide bonds. The fourth-order valence-electron chi connectivity index (χ4n) is 2.21. The molecule has 0 radical (unpaired) electrons. The molecule has 1 unspecified atom stereocenters. The Labute approximate surface area is 124 Å². The van der Waals surface area contributed by atoms with E-state index in [1.165, 1.54) is 12.1 Å². The van der Waals surface area contributed by atoms with Gasteiger partial charge >= 0.3 is 0 Å². The Morgan fingerprint density at radius 3 is 2.55 bits per heavy atom. The van der Waals surface area contributed by atoms with Gasteiger partial charge in [-0.15, -0.1) is 0 Å². The number of nitrogens with two attached hydrogens (primary N) is 1. The Morgan fingerprint density at radius 2 is 2.05 bits per heavy atom. The van der Waals surface area contributed by atoms with Crippen molar-refractivity contribution in [1.82, 2.24) is 4.90 Å². The molecule has 0 spiro atoms. The first-order valence-corrected chi connectivity index (χ1v) is 8.47. The third kappa shape index (κ3) is 3.76. The van der Waals surface area contributed by atoms with E-state index in [1.54, 1.807) is 12.1 Å². The van der Waals surface area contributed by atoms with Gasteiger partial charge in [0, 0.05) is 25.2 Å². The summed E-state index contributed by atoms with van der Waals surface area (Å²) in [4.78, 5) is 2.49. The predicted octanol–water partition coefficient (Wildman–Crippen LogP) is 0.161. The lowest BCUT2D eigenvalue weighted by molar-refractivity contribution is 0.178. The monoisotopic (exact) mass is 314 g/mol. The highest BCUT2D eigenvalue weighted by Crippen LogP contribution is 2.14. The maximum Gasteiger partial charge on any atom is 0.179 e. The van der Waals surface area contributed by atoms with Gasteiger partial charge in [-0.05, 0) is 18.6 Å². The molecule has 1 aromatic rings. The van der Waals surface area contributed by atoms with Crippen molar-refractivity contribution in [3.63, 3.8) is 0 Å². The zero-order valence-corrected chi connectivity index (χ0v) is 12.7. The van der Waals surface area contributed by atoms with Crippen LogP contribution in [0.2, 0.25) is 0 Å². The van der Waals surface area contributed by atoms with E-state index in [1.807, 2.05) is 4.90 Å². The second-order valence-corrected chi connectivity index (χ2v) is 7.50. The summed E-state index contributed by atoms with van der Waals surface area (Å²) in [5.41, 5.74) is 6.13. The number of sulfone groups is 1. The first kappa shape index (κ1) is 15.4. The molecule has 2 rings (SSSR count). The van der Waals surface area contributed by atoms with Crippen LogP contribution in [0.3, 0.4) is 0 Å². The van der Waals surface area contributed by atoms with Crippen molar-refractivity contribution in [2.24, 2.45) is 5.73 Å². The Balaban J connectivity index is 2.00. The summed E-state index contributed by atoms with van der Waals surface area (Å²) in [5.74, 6) is 0.0478. The molecule has 1 atom stereocenters. The number of thiocarbonyl (C=S) groups is 1. The van der Waals surface area contributed by atoms with E-state index >= 15 is 0 Å². The number of likely N-dealkylation sites (tertiary alicyclic amines) is 1. The van der Waals surface area contributed by atoms with E-state index in [9.17, 15) is 13.5 Å². The predicted molar refractivity (Wildman–Crippen MR) is 81.4 cm³/mol. The van der Waals surface area contributed by atoms with Crippen LogP contribution in [0.15, 0.2) is 29.2 Å². The quantitative estimate of drug-likeness (QED) is 0.753. The van der Waals surface area contributed by atoms with Crippen LogP contribution in [-0.4, -0.2) is 54.9 Å². The zero-order valence-electron chi connectivity index (χ0n) is 11.0. The molecule has 7 heteroatoms. The molecule has 0 aromatic heterocycles. The number of hydrogen-bond donors (Lipinski definition) is 2. The average molecular weight is 314 g/mol. The molecule has 0 bridgehead atoms. The van der Waals surface area contributed by atoms with Crippen molar-refractivity contribution in [1.29, 1.82) is 0 Å². The van der Waals surface area contributed by atoms with Crippen molar-refractivity contribution in [3.8, 4) is 0 Å². The van der Waals surface area contributed by atoms with Crippen LogP contribution in [0.1, 0.15) is 12.0 Å². The third-order valence-corrected chi connectivity index (χ3v) is 5.37. The van der Waals surface area contributed by atoms with Crippen molar-refractivity contribution < 1.29 is 13.5 Å². The average Bonchev–Trinajstić information content (AvgIpc) is 2.82. The van der Waals surface area contributed by atoms with Gasteiger partial charge < -0.3 is 10.8 Å². The van der Waals surface area contributed by atoms with Crippen LogP contribution < -0.4 is 5.73 Å². The topological polar surface area (TPSA) is 83.6 Å². The summed E-state index contributed by atoms with van der Waals surface area (Å²) in [6.45, 7) is 1.74. The van der Waals surface area contributed by atoms with Crippen LogP contribution in [0.5, 0.6) is 0 Å². The van der Waals surface area contributed by atoms with E-state index < -0.39 is 9.84 Å². The minimum atomic E-state index is -3.32. The van der Waals surface area contributed by atoms with E-state index in [2.05, 4.69) is 0 Å². The van der Waals surface area contributed by atoms with Gasteiger partial charge in [0.25, 0.3) is 0 Å². The first-order chi connectivity index (χ1) is 9.38. The summed E-state index contributed by atoms with van der Waals surface area (Å²) in [6.07, 6.45) is 0.380. The number of benzene rings is 1. The smallest absolute Gasteiger partial charge is 0.179 e. The highest BCUT2D eigenvalue weighted by Gasteiger charge is 2.22. The van der Waals surface area contributed by atoms with Crippen molar-refractivity contribution >= 4 is 27.0 Å². The molecular weight excluding hydrogens is 296 g/mol. The molecule has 1 aliphatic rings. The van der Waals surface area contributed by atoms with Crippen molar-refractivity contribution in [2.75, 3.05) is 25.4 Å². The minimum Gasteiger partial charge on any atom is -0.392 e. The number of rotatable bonds is 5. The van der Waals surface area contributed by atoms with Crippen LogP contribution in [0.4, 0.5) is 0 Å². The molecular formula is C13H18N2O3S2. The highest BCUT2D eigenvalue weighted by atomic mass is 32.2. The second kappa shape index (κ2) is 6.17. The van der Waals surface area contributed by atoms with Crippen molar-refractivity contribution in [3.05, 3.63) is 29.8 Å². The second-order valence-electron chi connectivity index (χ2n) is 4.95. The summed E-state index contributed by atoms with van der Waals surface area (Å²) in [6, 6.07) is 6.30. The van der Waals surface area contributed by atoms with E-state index in [0.717, 1.165) is 6.54 Å². The molecule has 3 N–H and O–H groups in total. The van der Waals surface area contributed by atoms with Crippen LogP contribution in [0, 0.1) is 0 Å². The number of nitrogens with zero attached hydrogens (tertiary/aromatic N) is 1. The highest BCUT2D eigenvalue weighted by molar-refractivity contribution is 7.91. The lowest BCUT2D eigenvalue weighted by Gasteiger charge is -2.14. The van der Waals surface area contributed by atoms with E-state index in [0.29, 0.717) is 25.1 Å². The molecule has 20 heavy (non-hydrogen) atoms. The number of aliphatic hydroxyl groups is 1. The van der Waals surface area contributed by atoms with E-state index in [-0.39, 0.29) is 21.7 Å². The normalized spacial score (nSPS) is 20.1. The largest absolute Gasteiger partial charge is 0.392 e. The summed E-state index contributed by atoms with van der Waals surface area (Å²) in [5, 5.41) is 9.41. The van der Waals surface area contributed by atoms with Crippen LogP contribution in [0.25, 0.3) is 0 Å². The maximum absolute atomic E-state index is 12.2. The lowest BCUT2D eigenvalue weighted by Crippen LogP contribution is -2.28. The van der Waals surface area contributed by atoms with E-state index in [4.69, 9.17) is 18.0 Å². The first-order valence-electron chi connectivity index (χ1n) is 6.41. The number of β-amino-alcohol motifs (C(OH)–C–C–N with tert-alkyl or cyclic N) is 1. The Bertz CT molecular complexity index is 584. The Kier molecular flexibility index (Phi) is 4.74. The maximum atomic E-state index is 12.2. The molecule has 1 heterocycles. The molecule has 1 aliphatic heterocycles. The molecule has 5 nitrogen and oxygen atoms in total. The number of aliphatic hydroxyl groups excluding tert-OH is 1. The third-order valence-electron chi connectivity index (χ3n) is 3.42. The summed E-state index contributed by atoms with van der Waals surface area (Å²) >= 11 is 4.83. The fraction of sp³-hybridized carbons (Fsp3) is 0.462. The van der Waals surface area contributed by atoms with Gasteiger partial charge in [0.1, 0.15) is 4.99 Å².